The van der Waals surface area contributed by atoms with E-state index in [2.05, 4.69) is 25.3 Å². The smallest absolute Gasteiger partial charge is 0.226 e. The van der Waals surface area contributed by atoms with Crippen molar-refractivity contribution in [3.8, 4) is 5.88 Å². The molecular formula is C11H15N5O. The van der Waals surface area contributed by atoms with Gasteiger partial charge in [0.1, 0.15) is 5.82 Å². The zero-order valence-corrected chi connectivity index (χ0v) is 9.84. The summed E-state index contributed by atoms with van der Waals surface area (Å²) in [5, 5.41) is 3.06. The number of H-pyrrole nitrogens is 1. The second kappa shape index (κ2) is 5.29. The van der Waals surface area contributed by atoms with E-state index >= 15 is 0 Å². The minimum atomic E-state index is 0.0998. The molecule has 2 N–H and O–H groups in total. The van der Waals surface area contributed by atoms with E-state index in [1.54, 1.807) is 24.7 Å². The molecule has 0 aromatic carbocycles. The molecule has 0 saturated carbocycles. The van der Waals surface area contributed by atoms with Crippen LogP contribution in [0.2, 0.25) is 0 Å². The molecule has 0 unspecified atom stereocenters. The first-order valence-electron chi connectivity index (χ1n) is 5.46. The van der Waals surface area contributed by atoms with Gasteiger partial charge in [-0.3, -0.25) is 0 Å². The van der Waals surface area contributed by atoms with E-state index in [4.69, 9.17) is 4.74 Å². The molecule has 0 fully saturated rings. The van der Waals surface area contributed by atoms with Crippen LogP contribution in [0.4, 0.5) is 5.95 Å². The van der Waals surface area contributed by atoms with Crippen LogP contribution >= 0.6 is 0 Å². The van der Waals surface area contributed by atoms with Gasteiger partial charge in [0.15, 0.2) is 0 Å². The molecule has 6 nitrogen and oxygen atoms in total. The number of ether oxygens (including phenoxy) is 1. The van der Waals surface area contributed by atoms with E-state index in [-0.39, 0.29) is 6.10 Å². The Labute approximate surface area is 99.5 Å². The van der Waals surface area contributed by atoms with Crippen molar-refractivity contribution in [3.63, 3.8) is 0 Å². The Kier molecular flexibility index (Phi) is 3.54. The lowest BCUT2D eigenvalue weighted by Gasteiger charge is -2.09. The third-order valence-corrected chi connectivity index (χ3v) is 1.96. The van der Waals surface area contributed by atoms with Gasteiger partial charge in [-0.2, -0.15) is 4.98 Å². The molecule has 90 valence electrons. The largest absolute Gasteiger partial charge is 0.475 e. The summed E-state index contributed by atoms with van der Waals surface area (Å²) in [6, 6.07) is 1.73. The highest BCUT2D eigenvalue weighted by molar-refractivity contribution is 5.27. The van der Waals surface area contributed by atoms with Gasteiger partial charge in [-0.25, -0.2) is 9.97 Å². The molecule has 0 aliphatic rings. The number of hydrogen-bond donors (Lipinski definition) is 2. The predicted molar refractivity (Wildman–Crippen MR) is 63.7 cm³/mol. The van der Waals surface area contributed by atoms with E-state index in [1.165, 1.54) is 0 Å². The first kappa shape index (κ1) is 11.4. The molecule has 0 radical (unpaired) electrons. The van der Waals surface area contributed by atoms with E-state index < -0.39 is 0 Å². The normalized spacial score (nSPS) is 10.5. The molecule has 2 aromatic rings. The van der Waals surface area contributed by atoms with Gasteiger partial charge < -0.3 is 15.0 Å². The van der Waals surface area contributed by atoms with Crippen LogP contribution in [-0.2, 0) is 6.54 Å². The van der Waals surface area contributed by atoms with Crippen molar-refractivity contribution < 1.29 is 4.74 Å². The zero-order chi connectivity index (χ0) is 12.1. The second-order valence-electron chi connectivity index (χ2n) is 3.77. The minimum absolute atomic E-state index is 0.0998. The number of aromatic amines is 1. The van der Waals surface area contributed by atoms with Crippen LogP contribution in [0.3, 0.4) is 0 Å². The molecule has 0 bridgehead atoms. The van der Waals surface area contributed by atoms with Crippen molar-refractivity contribution in [2.24, 2.45) is 0 Å². The van der Waals surface area contributed by atoms with Gasteiger partial charge in [-0.1, -0.05) is 0 Å². The van der Waals surface area contributed by atoms with E-state index in [0.29, 0.717) is 18.4 Å². The maximum atomic E-state index is 5.48. The van der Waals surface area contributed by atoms with Crippen LogP contribution in [-0.4, -0.2) is 26.0 Å². The average Bonchev–Trinajstić information content (AvgIpc) is 2.79. The number of hydrogen-bond acceptors (Lipinski definition) is 5. The zero-order valence-electron chi connectivity index (χ0n) is 9.84. The maximum absolute atomic E-state index is 5.48. The Morgan fingerprint density at radius 3 is 2.94 bits per heavy atom. The first-order chi connectivity index (χ1) is 8.24. The first-order valence-corrected chi connectivity index (χ1v) is 5.46. The molecule has 0 atom stereocenters. The quantitative estimate of drug-likeness (QED) is 0.820. The lowest BCUT2D eigenvalue weighted by molar-refractivity contribution is 0.232. The summed E-state index contributed by atoms with van der Waals surface area (Å²) >= 11 is 0. The van der Waals surface area contributed by atoms with E-state index in [0.717, 1.165) is 5.82 Å². The third kappa shape index (κ3) is 3.44. The Bertz CT molecular complexity index is 455. The molecule has 0 spiro atoms. The fraction of sp³-hybridized carbons (Fsp3) is 0.364. The standard InChI is InChI=1S/C11H15N5O/c1-8(2)17-10-3-4-14-11(16-10)15-7-9-12-5-6-13-9/h3-6,8H,7H2,1-2H3,(H,12,13)(H,14,15,16). The Morgan fingerprint density at radius 1 is 1.35 bits per heavy atom. The van der Waals surface area contributed by atoms with Crippen molar-refractivity contribution in [3.05, 3.63) is 30.5 Å². The number of aromatic nitrogens is 4. The fourth-order valence-electron chi connectivity index (χ4n) is 1.29. The molecule has 0 saturated heterocycles. The Balaban J connectivity index is 1.96. The highest BCUT2D eigenvalue weighted by atomic mass is 16.5. The summed E-state index contributed by atoms with van der Waals surface area (Å²) in [5.74, 6) is 1.93. The lowest BCUT2D eigenvalue weighted by Crippen LogP contribution is -2.09. The lowest BCUT2D eigenvalue weighted by atomic mass is 10.5. The topological polar surface area (TPSA) is 75.7 Å². The summed E-state index contributed by atoms with van der Waals surface area (Å²) in [6.07, 6.45) is 5.24. The van der Waals surface area contributed by atoms with Crippen molar-refractivity contribution in [2.45, 2.75) is 26.5 Å². The number of nitrogens with zero attached hydrogens (tertiary/aromatic N) is 3. The summed E-state index contributed by atoms with van der Waals surface area (Å²) in [4.78, 5) is 15.4. The van der Waals surface area contributed by atoms with Crippen LogP contribution in [0.5, 0.6) is 5.88 Å². The molecule has 2 heterocycles. The molecule has 2 aromatic heterocycles. The van der Waals surface area contributed by atoms with E-state index in [1.807, 2.05) is 13.8 Å². The predicted octanol–water partition coefficient (Wildman–Crippen LogP) is 1.60. The summed E-state index contributed by atoms with van der Waals surface area (Å²) in [5.41, 5.74) is 0. The van der Waals surface area contributed by atoms with Gasteiger partial charge in [-0.05, 0) is 13.8 Å². The average molecular weight is 233 g/mol. The molecule has 6 heteroatoms. The minimum Gasteiger partial charge on any atom is -0.475 e. The van der Waals surface area contributed by atoms with Gasteiger partial charge in [-0.15, -0.1) is 0 Å². The van der Waals surface area contributed by atoms with Crippen LogP contribution in [0, 0.1) is 0 Å². The van der Waals surface area contributed by atoms with Gasteiger partial charge in [0, 0.05) is 24.7 Å². The van der Waals surface area contributed by atoms with Crippen molar-refractivity contribution in [2.75, 3.05) is 5.32 Å². The van der Waals surface area contributed by atoms with E-state index in [9.17, 15) is 0 Å². The molecule has 0 aliphatic heterocycles. The highest BCUT2D eigenvalue weighted by Gasteiger charge is 2.02. The van der Waals surface area contributed by atoms with Crippen LogP contribution < -0.4 is 10.1 Å². The number of anilines is 1. The monoisotopic (exact) mass is 233 g/mol. The Morgan fingerprint density at radius 2 is 2.24 bits per heavy atom. The molecule has 0 aliphatic carbocycles. The van der Waals surface area contributed by atoms with Crippen molar-refractivity contribution >= 4 is 5.95 Å². The summed E-state index contributed by atoms with van der Waals surface area (Å²) < 4.78 is 5.48. The van der Waals surface area contributed by atoms with Crippen LogP contribution in [0.1, 0.15) is 19.7 Å². The molecular weight excluding hydrogens is 218 g/mol. The highest BCUT2D eigenvalue weighted by Crippen LogP contribution is 2.10. The summed E-state index contributed by atoms with van der Waals surface area (Å²) in [7, 11) is 0. The SMILES string of the molecule is CC(C)Oc1ccnc(NCc2ncc[nH]2)n1. The number of imidazole rings is 1. The van der Waals surface area contributed by atoms with Crippen molar-refractivity contribution in [1.29, 1.82) is 0 Å². The van der Waals surface area contributed by atoms with Crippen LogP contribution in [0.25, 0.3) is 0 Å². The third-order valence-electron chi connectivity index (χ3n) is 1.96. The maximum Gasteiger partial charge on any atom is 0.226 e. The summed E-state index contributed by atoms with van der Waals surface area (Å²) in [6.45, 7) is 4.47. The number of rotatable bonds is 5. The number of nitrogens with one attached hydrogen (secondary N) is 2. The molecule has 17 heavy (non-hydrogen) atoms. The van der Waals surface area contributed by atoms with Gasteiger partial charge in [0.05, 0.1) is 12.6 Å². The molecule has 0 amide bonds. The second-order valence-corrected chi connectivity index (χ2v) is 3.77. The Hall–Kier alpha value is -2.11. The van der Waals surface area contributed by atoms with Gasteiger partial charge in [0.25, 0.3) is 0 Å². The van der Waals surface area contributed by atoms with Crippen LogP contribution in [0.15, 0.2) is 24.7 Å². The van der Waals surface area contributed by atoms with Crippen molar-refractivity contribution in [1.82, 2.24) is 19.9 Å². The fourth-order valence-corrected chi connectivity index (χ4v) is 1.29. The van der Waals surface area contributed by atoms with Gasteiger partial charge >= 0.3 is 0 Å². The van der Waals surface area contributed by atoms with Gasteiger partial charge in [0.2, 0.25) is 11.8 Å². The molecule has 2 rings (SSSR count).